The fourth-order valence-corrected chi connectivity index (χ4v) is 1.36. The van der Waals surface area contributed by atoms with E-state index in [2.05, 4.69) is 15.4 Å². The molecule has 0 fully saturated rings. The van der Waals surface area contributed by atoms with Crippen molar-refractivity contribution < 1.29 is 4.79 Å². The molecule has 0 saturated carbocycles. The highest BCUT2D eigenvalue weighted by Crippen LogP contribution is 2.08. The normalized spacial score (nSPS) is 12.6. The van der Waals surface area contributed by atoms with Crippen molar-refractivity contribution >= 4 is 17.5 Å². The molecule has 0 spiro atoms. The quantitative estimate of drug-likeness (QED) is 0.778. The third kappa shape index (κ3) is 1.81. The van der Waals surface area contributed by atoms with Gasteiger partial charge < -0.3 is 11.1 Å². The Balaban J connectivity index is 2.33. The van der Waals surface area contributed by atoms with Gasteiger partial charge in [-0.25, -0.2) is 4.52 Å². The molecule has 1 amide bonds. The van der Waals surface area contributed by atoms with Crippen LogP contribution >= 0.6 is 0 Å². The standard InChI is InChI=1S/C10H13N5O/c1-6-4-3-5-8-13-10(14-15(6)8)12-7(2)9(11)16/h3-5,7H,1-2H3,(H2,11,16)(H,12,14). The molecule has 0 aliphatic heterocycles. The van der Waals surface area contributed by atoms with Gasteiger partial charge in [-0.15, -0.1) is 5.10 Å². The van der Waals surface area contributed by atoms with Crippen LogP contribution in [0.15, 0.2) is 18.2 Å². The van der Waals surface area contributed by atoms with Crippen molar-refractivity contribution in [2.24, 2.45) is 5.73 Å². The van der Waals surface area contributed by atoms with Gasteiger partial charge in [0.25, 0.3) is 0 Å². The first-order valence-corrected chi connectivity index (χ1v) is 4.96. The largest absolute Gasteiger partial charge is 0.368 e. The number of aromatic nitrogens is 3. The number of hydrogen-bond acceptors (Lipinski definition) is 4. The van der Waals surface area contributed by atoms with Gasteiger partial charge in [-0.1, -0.05) is 6.07 Å². The van der Waals surface area contributed by atoms with Crippen LogP contribution in [0.4, 0.5) is 5.95 Å². The SMILES string of the molecule is Cc1cccc2nc(NC(C)C(N)=O)nn12. The molecule has 2 heterocycles. The van der Waals surface area contributed by atoms with E-state index in [0.29, 0.717) is 5.95 Å². The van der Waals surface area contributed by atoms with E-state index in [4.69, 9.17) is 5.73 Å². The Morgan fingerprint density at radius 3 is 2.94 bits per heavy atom. The predicted molar refractivity (Wildman–Crippen MR) is 60.0 cm³/mol. The molecule has 6 heteroatoms. The average Bonchev–Trinajstić information content (AvgIpc) is 2.61. The number of hydrogen-bond donors (Lipinski definition) is 2. The second kappa shape index (κ2) is 3.80. The van der Waals surface area contributed by atoms with Crippen LogP contribution in [-0.4, -0.2) is 26.5 Å². The van der Waals surface area contributed by atoms with Crippen molar-refractivity contribution in [1.29, 1.82) is 0 Å². The van der Waals surface area contributed by atoms with Crippen molar-refractivity contribution in [1.82, 2.24) is 14.6 Å². The van der Waals surface area contributed by atoms with Crippen LogP contribution in [0.25, 0.3) is 5.65 Å². The number of pyridine rings is 1. The minimum Gasteiger partial charge on any atom is -0.368 e. The fraction of sp³-hybridized carbons (Fsp3) is 0.300. The summed E-state index contributed by atoms with van der Waals surface area (Å²) in [5.41, 5.74) is 6.86. The van der Waals surface area contributed by atoms with Crippen molar-refractivity contribution in [2.75, 3.05) is 5.32 Å². The fourth-order valence-electron chi connectivity index (χ4n) is 1.36. The van der Waals surface area contributed by atoms with Crippen LogP contribution in [0.5, 0.6) is 0 Å². The van der Waals surface area contributed by atoms with Crippen molar-refractivity contribution in [3.8, 4) is 0 Å². The van der Waals surface area contributed by atoms with E-state index >= 15 is 0 Å². The lowest BCUT2D eigenvalue weighted by Crippen LogP contribution is -2.32. The molecule has 2 aromatic heterocycles. The number of carbonyl (C=O) groups excluding carboxylic acids is 1. The minimum atomic E-state index is -0.488. The smallest absolute Gasteiger partial charge is 0.243 e. The summed E-state index contributed by atoms with van der Waals surface area (Å²) in [4.78, 5) is 15.1. The summed E-state index contributed by atoms with van der Waals surface area (Å²) >= 11 is 0. The summed E-state index contributed by atoms with van der Waals surface area (Å²) in [5.74, 6) is -0.0313. The molecular formula is C10H13N5O. The molecule has 6 nitrogen and oxygen atoms in total. The Bertz CT molecular complexity index is 533. The molecule has 2 rings (SSSR count). The van der Waals surface area contributed by atoms with E-state index in [9.17, 15) is 4.79 Å². The highest BCUT2D eigenvalue weighted by Gasteiger charge is 2.11. The van der Waals surface area contributed by atoms with Crippen LogP contribution in [0.1, 0.15) is 12.6 Å². The van der Waals surface area contributed by atoms with Gasteiger partial charge in [0, 0.05) is 5.69 Å². The predicted octanol–water partition coefficient (Wildman–Crippen LogP) is 0.323. The number of nitrogens with one attached hydrogen (secondary N) is 1. The third-order valence-corrected chi connectivity index (χ3v) is 2.32. The zero-order valence-corrected chi connectivity index (χ0v) is 9.14. The number of carbonyl (C=O) groups is 1. The molecule has 0 radical (unpaired) electrons. The topological polar surface area (TPSA) is 85.3 Å². The minimum absolute atomic E-state index is 0.403. The van der Waals surface area contributed by atoms with E-state index < -0.39 is 11.9 Å². The maximum atomic E-state index is 10.9. The number of rotatable bonds is 3. The van der Waals surface area contributed by atoms with Crippen LogP contribution < -0.4 is 11.1 Å². The number of nitrogens with zero attached hydrogens (tertiary/aromatic N) is 3. The van der Waals surface area contributed by atoms with Crippen LogP contribution in [0.3, 0.4) is 0 Å². The van der Waals surface area contributed by atoms with Gasteiger partial charge in [0.15, 0.2) is 5.65 Å². The number of nitrogens with two attached hydrogens (primary N) is 1. The van der Waals surface area contributed by atoms with E-state index in [1.165, 1.54) is 0 Å². The maximum absolute atomic E-state index is 10.9. The Morgan fingerprint density at radius 2 is 2.31 bits per heavy atom. The van der Waals surface area contributed by atoms with Gasteiger partial charge in [0.05, 0.1) is 0 Å². The van der Waals surface area contributed by atoms with Crippen LogP contribution in [0, 0.1) is 6.92 Å². The van der Waals surface area contributed by atoms with Gasteiger partial charge in [0.1, 0.15) is 6.04 Å². The first-order valence-electron chi connectivity index (χ1n) is 4.96. The molecule has 1 atom stereocenters. The lowest BCUT2D eigenvalue weighted by atomic mass is 10.3. The molecule has 2 aromatic rings. The highest BCUT2D eigenvalue weighted by molar-refractivity contribution is 5.81. The van der Waals surface area contributed by atoms with E-state index in [0.717, 1.165) is 11.3 Å². The molecule has 0 aliphatic rings. The molecule has 3 N–H and O–H groups in total. The number of anilines is 1. The zero-order valence-electron chi connectivity index (χ0n) is 9.14. The molecule has 0 bridgehead atoms. The van der Waals surface area contributed by atoms with Crippen molar-refractivity contribution in [2.45, 2.75) is 19.9 Å². The second-order valence-electron chi connectivity index (χ2n) is 3.64. The molecule has 0 aromatic carbocycles. The van der Waals surface area contributed by atoms with E-state index in [1.807, 2.05) is 25.1 Å². The monoisotopic (exact) mass is 219 g/mol. The lowest BCUT2D eigenvalue weighted by Gasteiger charge is -2.06. The first kappa shape index (κ1) is 10.4. The Labute approximate surface area is 92.5 Å². The van der Waals surface area contributed by atoms with Crippen molar-refractivity contribution in [3.05, 3.63) is 23.9 Å². The summed E-state index contributed by atoms with van der Waals surface area (Å²) in [5, 5.41) is 7.06. The van der Waals surface area contributed by atoms with Crippen LogP contribution in [0.2, 0.25) is 0 Å². The number of aryl methyl sites for hydroxylation is 1. The van der Waals surface area contributed by atoms with Crippen LogP contribution in [-0.2, 0) is 4.79 Å². The van der Waals surface area contributed by atoms with Gasteiger partial charge in [-0.2, -0.15) is 4.98 Å². The van der Waals surface area contributed by atoms with E-state index in [-0.39, 0.29) is 0 Å². The molecular weight excluding hydrogens is 206 g/mol. The summed E-state index contributed by atoms with van der Waals surface area (Å²) in [6.45, 7) is 3.60. The average molecular weight is 219 g/mol. The Kier molecular flexibility index (Phi) is 2.47. The maximum Gasteiger partial charge on any atom is 0.243 e. The van der Waals surface area contributed by atoms with Crippen molar-refractivity contribution in [3.63, 3.8) is 0 Å². The van der Waals surface area contributed by atoms with Gasteiger partial charge in [0.2, 0.25) is 11.9 Å². The lowest BCUT2D eigenvalue weighted by molar-refractivity contribution is -0.118. The van der Waals surface area contributed by atoms with Gasteiger partial charge in [-0.05, 0) is 26.0 Å². The molecule has 1 unspecified atom stereocenters. The molecule has 0 saturated heterocycles. The highest BCUT2D eigenvalue weighted by atomic mass is 16.1. The third-order valence-electron chi connectivity index (χ3n) is 2.32. The zero-order chi connectivity index (χ0) is 11.7. The summed E-state index contributed by atoms with van der Waals surface area (Å²) in [6.07, 6.45) is 0. The first-order chi connectivity index (χ1) is 7.58. The van der Waals surface area contributed by atoms with Gasteiger partial charge >= 0.3 is 0 Å². The molecule has 16 heavy (non-hydrogen) atoms. The number of primary amides is 1. The van der Waals surface area contributed by atoms with Gasteiger partial charge in [-0.3, -0.25) is 4.79 Å². The Morgan fingerprint density at radius 1 is 1.56 bits per heavy atom. The molecule has 84 valence electrons. The molecule has 0 aliphatic carbocycles. The second-order valence-corrected chi connectivity index (χ2v) is 3.64. The van der Waals surface area contributed by atoms with E-state index in [1.54, 1.807) is 11.4 Å². The number of amides is 1. The Hall–Kier alpha value is -2.11. The number of fused-ring (bicyclic) bond motifs is 1. The summed E-state index contributed by atoms with van der Waals surface area (Å²) in [7, 11) is 0. The summed E-state index contributed by atoms with van der Waals surface area (Å²) in [6, 6.07) is 5.20. The summed E-state index contributed by atoms with van der Waals surface area (Å²) < 4.78 is 1.70.